The third kappa shape index (κ3) is 6.92. The molecule has 1 aliphatic heterocycles. The fourth-order valence-electron chi connectivity index (χ4n) is 6.21. The molecule has 3 heterocycles. The largest absolute Gasteiger partial charge is 0.379 e. The fraction of sp³-hybridized carbons (Fsp3) is 0.821. The Balaban J connectivity index is 1.24. The lowest BCUT2D eigenvalue weighted by Crippen LogP contribution is -2.38. The Morgan fingerprint density at radius 3 is 2.54 bits per heavy atom. The third-order valence-electron chi connectivity index (χ3n) is 8.86. The smallest absolute Gasteiger partial charge is 0.227 e. The molecule has 0 bridgehead atoms. The van der Waals surface area contributed by atoms with Gasteiger partial charge in [-0.3, -0.25) is 0 Å². The van der Waals surface area contributed by atoms with E-state index in [0.717, 1.165) is 81.1 Å². The van der Waals surface area contributed by atoms with Crippen LogP contribution in [0.4, 0.5) is 11.8 Å². The summed E-state index contributed by atoms with van der Waals surface area (Å²) >= 11 is 0. The molecule has 37 heavy (non-hydrogen) atoms. The highest BCUT2D eigenvalue weighted by atomic mass is 16.5. The number of hydrazine groups is 1. The molecule has 2 saturated carbocycles. The molecule has 2 aromatic heterocycles. The number of ether oxygens (including phenoxy) is 1. The predicted molar refractivity (Wildman–Crippen MR) is 150 cm³/mol. The van der Waals surface area contributed by atoms with E-state index in [0.29, 0.717) is 30.2 Å². The standard InChI is InChI=1S/C28H48N8O/c1-3-20(2)37-18-6-7-21-14-16-35(17-15-21)34-26-25-27(36(19-30-25)24-8-4-5-9-24)33-28(32-26)31-23-12-10-22(29)11-13-23/h19-24H,3-18,29H2,1-2H3,(H2,31,32,33,34)/t20?,22-,23-. The number of nitrogens with one attached hydrogen (secondary N) is 2. The van der Waals surface area contributed by atoms with Crippen LogP contribution in [0.2, 0.25) is 0 Å². The first-order valence-electron chi connectivity index (χ1n) is 15.0. The van der Waals surface area contributed by atoms with Crippen LogP contribution >= 0.6 is 0 Å². The second-order valence-corrected chi connectivity index (χ2v) is 11.7. The van der Waals surface area contributed by atoms with Gasteiger partial charge in [0.2, 0.25) is 5.95 Å². The Morgan fingerprint density at radius 1 is 1.05 bits per heavy atom. The van der Waals surface area contributed by atoms with Gasteiger partial charge in [0, 0.05) is 37.8 Å². The molecule has 0 amide bonds. The van der Waals surface area contributed by atoms with Gasteiger partial charge in [-0.05, 0) is 83.5 Å². The van der Waals surface area contributed by atoms with Crippen LogP contribution in [0.15, 0.2) is 6.33 Å². The molecule has 0 spiro atoms. The number of nitrogens with two attached hydrogens (primary N) is 1. The van der Waals surface area contributed by atoms with Gasteiger partial charge < -0.3 is 25.8 Å². The molecule has 4 N–H and O–H groups in total. The van der Waals surface area contributed by atoms with Crippen LogP contribution in [-0.2, 0) is 4.74 Å². The zero-order valence-electron chi connectivity index (χ0n) is 23.0. The second-order valence-electron chi connectivity index (χ2n) is 11.7. The quantitative estimate of drug-likeness (QED) is 0.350. The van der Waals surface area contributed by atoms with E-state index in [9.17, 15) is 0 Å². The van der Waals surface area contributed by atoms with E-state index in [4.69, 9.17) is 25.4 Å². The maximum atomic E-state index is 6.14. The molecule has 3 aliphatic rings. The zero-order chi connectivity index (χ0) is 25.6. The van der Waals surface area contributed by atoms with Gasteiger partial charge in [0.1, 0.15) is 0 Å². The Labute approximate surface area is 222 Å². The Kier molecular flexibility index (Phi) is 9.15. The molecule has 9 heteroatoms. The molecular formula is C28H48N8O. The van der Waals surface area contributed by atoms with Gasteiger partial charge >= 0.3 is 0 Å². The summed E-state index contributed by atoms with van der Waals surface area (Å²) in [5.41, 5.74) is 11.6. The van der Waals surface area contributed by atoms with Gasteiger partial charge in [-0.25, -0.2) is 9.99 Å². The number of hydrogen-bond acceptors (Lipinski definition) is 8. The highest BCUT2D eigenvalue weighted by Gasteiger charge is 2.25. The Hall–Kier alpha value is -1.97. The topological polar surface area (TPSA) is 106 Å². The van der Waals surface area contributed by atoms with Crippen LogP contribution in [-0.4, -0.2) is 62.4 Å². The van der Waals surface area contributed by atoms with E-state index < -0.39 is 0 Å². The number of nitrogens with zero attached hydrogens (tertiary/aromatic N) is 5. The highest BCUT2D eigenvalue weighted by Crippen LogP contribution is 2.34. The van der Waals surface area contributed by atoms with Crippen LogP contribution in [0.1, 0.15) is 103 Å². The molecule has 206 valence electrons. The minimum atomic E-state index is 0.331. The molecule has 2 aromatic rings. The first-order chi connectivity index (χ1) is 18.1. The van der Waals surface area contributed by atoms with Crippen LogP contribution < -0.4 is 16.5 Å². The van der Waals surface area contributed by atoms with Crippen LogP contribution in [0, 0.1) is 5.92 Å². The number of imidazole rings is 1. The summed E-state index contributed by atoms with van der Waals surface area (Å²) in [4.78, 5) is 14.8. The van der Waals surface area contributed by atoms with E-state index in [2.05, 4.69) is 34.2 Å². The van der Waals surface area contributed by atoms with Crippen molar-refractivity contribution in [1.82, 2.24) is 24.5 Å². The van der Waals surface area contributed by atoms with Crippen molar-refractivity contribution in [3.63, 3.8) is 0 Å². The molecule has 0 radical (unpaired) electrons. The van der Waals surface area contributed by atoms with Gasteiger partial charge in [0.15, 0.2) is 17.0 Å². The summed E-state index contributed by atoms with van der Waals surface area (Å²) in [5.74, 6) is 2.32. The first-order valence-corrected chi connectivity index (χ1v) is 15.0. The molecule has 1 atom stereocenters. The molecular weight excluding hydrogens is 464 g/mol. The number of fused-ring (bicyclic) bond motifs is 1. The Morgan fingerprint density at radius 2 is 1.81 bits per heavy atom. The summed E-state index contributed by atoms with van der Waals surface area (Å²) in [6.07, 6.45) is 17.5. The number of anilines is 2. The van der Waals surface area contributed by atoms with Crippen LogP contribution in [0.25, 0.3) is 11.2 Å². The molecule has 9 nitrogen and oxygen atoms in total. The third-order valence-corrected chi connectivity index (χ3v) is 8.86. The van der Waals surface area contributed by atoms with Crippen molar-refractivity contribution in [3.05, 3.63) is 6.33 Å². The number of piperidine rings is 1. The zero-order valence-corrected chi connectivity index (χ0v) is 23.0. The summed E-state index contributed by atoms with van der Waals surface area (Å²) < 4.78 is 8.17. The highest BCUT2D eigenvalue weighted by molar-refractivity contribution is 5.84. The summed E-state index contributed by atoms with van der Waals surface area (Å²) in [5, 5.41) is 5.96. The van der Waals surface area contributed by atoms with Gasteiger partial charge in [-0.15, -0.1) is 0 Å². The van der Waals surface area contributed by atoms with Crippen molar-refractivity contribution >= 4 is 22.9 Å². The molecule has 0 aromatic carbocycles. The maximum absolute atomic E-state index is 6.14. The second kappa shape index (κ2) is 12.7. The molecule has 3 fully saturated rings. The minimum Gasteiger partial charge on any atom is -0.379 e. The van der Waals surface area contributed by atoms with E-state index in [1.807, 2.05) is 6.33 Å². The monoisotopic (exact) mass is 512 g/mol. The predicted octanol–water partition coefficient (Wildman–Crippen LogP) is 5.26. The fourth-order valence-corrected chi connectivity index (χ4v) is 6.21. The van der Waals surface area contributed by atoms with Gasteiger partial charge in [0.05, 0.1) is 12.4 Å². The minimum absolute atomic E-state index is 0.331. The van der Waals surface area contributed by atoms with E-state index in [1.54, 1.807) is 0 Å². The van der Waals surface area contributed by atoms with Crippen molar-refractivity contribution in [3.8, 4) is 0 Å². The first kappa shape index (κ1) is 26.6. The van der Waals surface area contributed by atoms with Crippen molar-refractivity contribution in [2.75, 3.05) is 30.4 Å². The van der Waals surface area contributed by atoms with Crippen LogP contribution in [0.3, 0.4) is 0 Å². The van der Waals surface area contributed by atoms with Gasteiger partial charge in [-0.1, -0.05) is 19.8 Å². The number of aromatic nitrogens is 4. The normalized spacial score (nSPS) is 25.1. The van der Waals surface area contributed by atoms with E-state index in [1.165, 1.54) is 44.9 Å². The van der Waals surface area contributed by atoms with Gasteiger partial charge in [-0.2, -0.15) is 9.97 Å². The maximum Gasteiger partial charge on any atom is 0.227 e. The Bertz CT molecular complexity index is 974. The van der Waals surface area contributed by atoms with E-state index >= 15 is 0 Å². The molecule has 5 rings (SSSR count). The molecule has 2 aliphatic carbocycles. The lowest BCUT2D eigenvalue weighted by atomic mass is 9.92. The summed E-state index contributed by atoms with van der Waals surface area (Å²) in [6, 6.07) is 1.21. The average molecular weight is 513 g/mol. The number of rotatable bonds is 11. The molecule has 1 unspecified atom stereocenters. The number of hydrogen-bond donors (Lipinski definition) is 3. The lowest BCUT2D eigenvalue weighted by molar-refractivity contribution is 0.0570. The van der Waals surface area contributed by atoms with E-state index in [-0.39, 0.29) is 0 Å². The van der Waals surface area contributed by atoms with Crippen LogP contribution in [0.5, 0.6) is 0 Å². The van der Waals surface area contributed by atoms with Crippen molar-refractivity contribution in [1.29, 1.82) is 0 Å². The van der Waals surface area contributed by atoms with Crippen molar-refractivity contribution in [2.24, 2.45) is 11.7 Å². The summed E-state index contributed by atoms with van der Waals surface area (Å²) in [7, 11) is 0. The van der Waals surface area contributed by atoms with Crippen molar-refractivity contribution in [2.45, 2.75) is 122 Å². The SMILES string of the molecule is CCC(C)OCCCC1CCN(Nc2nc(N[C@H]3CC[C@H](N)CC3)nc3c2ncn3C2CCCC2)CC1. The molecule has 1 saturated heterocycles. The average Bonchev–Trinajstić information content (AvgIpc) is 3.59. The lowest BCUT2D eigenvalue weighted by Gasteiger charge is -2.32. The van der Waals surface area contributed by atoms with Gasteiger partial charge in [0.25, 0.3) is 0 Å². The summed E-state index contributed by atoms with van der Waals surface area (Å²) in [6.45, 7) is 7.28. The van der Waals surface area contributed by atoms with Crippen molar-refractivity contribution < 1.29 is 4.74 Å².